The van der Waals surface area contributed by atoms with E-state index in [-0.39, 0.29) is 29.8 Å². The quantitative estimate of drug-likeness (QED) is 0.284. The van der Waals surface area contributed by atoms with E-state index in [9.17, 15) is 4.39 Å². The van der Waals surface area contributed by atoms with Crippen LogP contribution in [-0.2, 0) is 13.1 Å². The van der Waals surface area contributed by atoms with Crippen molar-refractivity contribution in [3.8, 4) is 5.69 Å². The topological polar surface area (TPSA) is 80.3 Å². The Labute approximate surface area is 186 Å². The lowest BCUT2D eigenvalue weighted by Crippen LogP contribution is -2.36. The fourth-order valence-electron chi connectivity index (χ4n) is 2.63. The van der Waals surface area contributed by atoms with Crippen molar-refractivity contribution in [2.45, 2.75) is 39.8 Å². The average molecular weight is 512 g/mol. The average Bonchev–Trinajstić information content (AvgIpc) is 3.36. The van der Waals surface area contributed by atoms with Gasteiger partial charge in [0.2, 0.25) is 0 Å². The Morgan fingerprint density at radius 1 is 1.28 bits per heavy atom. The number of halogens is 2. The van der Waals surface area contributed by atoms with E-state index < -0.39 is 0 Å². The monoisotopic (exact) mass is 512 g/mol. The molecule has 0 aliphatic rings. The van der Waals surface area contributed by atoms with Gasteiger partial charge in [0.25, 0.3) is 0 Å². The van der Waals surface area contributed by atoms with Gasteiger partial charge in [0.05, 0.1) is 30.8 Å². The van der Waals surface area contributed by atoms with Crippen molar-refractivity contribution in [3.63, 3.8) is 0 Å². The molecular weight excluding hydrogens is 486 g/mol. The molecule has 1 aromatic carbocycles. The highest BCUT2D eigenvalue weighted by Crippen LogP contribution is 2.16. The van der Waals surface area contributed by atoms with Crippen LogP contribution in [0.4, 0.5) is 4.39 Å². The number of aliphatic imine (C=N–C) groups is 1. The normalized spacial score (nSPS) is 11.4. The van der Waals surface area contributed by atoms with Crippen LogP contribution in [-0.4, -0.2) is 27.2 Å². The van der Waals surface area contributed by atoms with Crippen LogP contribution in [0.15, 0.2) is 52.5 Å². The first kappa shape index (κ1) is 22.9. The summed E-state index contributed by atoms with van der Waals surface area (Å²) in [5, 5.41) is 10.4. The van der Waals surface area contributed by atoms with Crippen molar-refractivity contribution >= 4 is 29.9 Å². The molecule has 0 spiro atoms. The Morgan fingerprint density at radius 2 is 2.10 bits per heavy atom. The summed E-state index contributed by atoms with van der Waals surface area (Å²) in [6, 6.07) is 7.01. The third-order valence-corrected chi connectivity index (χ3v) is 4.16. The molecule has 0 aliphatic carbocycles. The number of rotatable bonds is 7. The van der Waals surface area contributed by atoms with Crippen LogP contribution in [0.1, 0.15) is 43.7 Å². The van der Waals surface area contributed by atoms with Crippen molar-refractivity contribution < 1.29 is 8.91 Å². The molecule has 0 bridgehead atoms. The summed E-state index contributed by atoms with van der Waals surface area (Å²) in [7, 11) is 0. The molecule has 3 rings (SSSR count). The maximum atomic E-state index is 14.4. The molecule has 2 N–H and O–H groups in total. The Bertz CT molecular complexity index is 923. The van der Waals surface area contributed by atoms with Crippen LogP contribution < -0.4 is 10.6 Å². The maximum absolute atomic E-state index is 14.4. The lowest BCUT2D eigenvalue weighted by molar-refractivity contribution is 0.372. The minimum atomic E-state index is -0.313. The number of nitrogens with zero attached hydrogens (tertiary/aromatic N) is 4. The lowest BCUT2D eigenvalue weighted by Gasteiger charge is -2.10. The fourth-order valence-corrected chi connectivity index (χ4v) is 2.63. The van der Waals surface area contributed by atoms with Crippen LogP contribution in [0.5, 0.6) is 0 Å². The second kappa shape index (κ2) is 10.9. The first-order valence-corrected chi connectivity index (χ1v) is 9.31. The van der Waals surface area contributed by atoms with Crippen molar-refractivity contribution in [3.05, 3.63) is 65.8 Å². The van der Waals surface area contributed by atoms with Gasteiger partial charge in [-0.2, -0.15) is 0 Å². The molecule has 2 aromatic heterocycles. The highest BCUT2D eigenvalue weighted by molar-refractivity contribution is 14.0. The molecule has 0 aliphatic heterocycles. The molecule has 2 heterocycles. The molecule has 0 saturated carbocycles. The Morgan fingerprint density at radius 3 is 2.72 bits per heavy atom. The van der Waals surface area contributed by atoms with E-state index in [0.717, 1.165) is 17.0 Å². The van der Waals surface area contributed by atoms with Crippen molar-refractivity contribution in [1.29, 1.82) is 0 Å². The molecule has 0 amide bonds. The van der Waals surface area contributed by atoms with Gasteiger partial charge >= 0.3 is 0 Å². The Hall–Kier alpha value is -2.43. The summed E-state index contributed by atoms with van der Waals surface area (Å²) < 4.78 is 21.3. The molecule has 0 saturated heterocycles. The van der Waals surface area contributed by atoms with Gasteiger partial charge in [-0.1, -0.05) is 25.1 Å². The van der Waals surface area contributed by atoms with E-state index in [2.05, 4.69) is 39.6 Å². The van der Waals surface area contributed by atoms with E-state index in [4.69, 9.17) is 4.52 Å². The van der Waals surface area contributed by atoms with Gasteiger partial charge in [0, 0.05) is 25.0 Å². The van der Waals surface area contributed by atoms with Gasteiger partial charge in [-0.15, -0.1) is 24.0 Å². The molecule has 7 nitrogen and oxygen atoms in total. The third-order valence-electron chi connectivity index (χ3n) is 4.16. The van der Waals surface area contributed by atoms with Crippen molar-refractivity contribution in [2.75, 3.05) is 6.54 Å². The second-order valence-electron chi connectivity index (χ2n) is 6.68. The number of hydrogen-bond acceptors (Lipinski definition) is 4. The molecule has 0 fully saturated rings. The van der Waals surface area contributed by atoms with E-state index in [1.54, 1.807) is 29.4 Å². The minimum absolute atomic E-state index is 0. The number of guanidine groups is 1. The first-order chi connectivity index (χ1) is 13.6. The van der Waals surface area contributed by atoms with Crippen LogP contribution in [0.3, 0.4) is 0 Å². The largest absolute Gasteiger partial charge is 0.359 e. The molecule has 0 unspecified atom stereocenters. The van der Waals surface area contributed by atoms with Gasteiger partial charge in [-0.05, 0) is 30.5 Å². The zero-order valence-corrected chi connectivity index (χ0v) is 19.1. The van der Waals surface area contributed by atoms with Crippen LogP contribution in [0.25, 0.3) is 5.69 Å². The third kappa shape index (κ3) is 6.28. The highest BCUT2D eigenvalue weighted by Gasteiger charge is 2.09. The summed E-state index contributed by atoms with van der Waals surface area (Å²) in [6.07, 6.45) is 4.89. The fraction of sp³-hybridized carbons (Fsp3) is 0.350. The number of hydrogen-bond donors (Lipinski definition) is 2. The lowest BCUT2D eigenvalue weighted by atomic mass is 10.1. The van der Waals surface area contributed by atoms with E-state index in [1.165, 1.54) is 6.07 Å². The summed E-state index contributed by atoms with van der Waals surface area (Å²) in [5.74, 6) is 1.38. The summed E-state index contributed by atoms with van der Waals surface area (Å²) in [5.41, 5.74) is 2.16. The Kier molecular flexibility index (Phi) is 8.62. The van der Waals surface area contributed by atoms with Gasteiger partial charge in [-0.25, -0.2) is 14.4 Å². The predicted octanol–water partition coefficient (Wildman–Crippen LogP) is 4.00. The van der Waals surface area contributed by atoms with Gasteiger partial charge < -0.3 is 19.7 Å². The maximum Gasteiger partial charge on any atom is 0.191 e. The Balaban J connectivity index is 0.00000300. The molecule has 3 aromatic rings. The van der Waals surface area contributed by atoms with Gasteiger partial charge in [0.15, 0.2) is 11.7 Å². The minimum Gasteiger partial charge on any atom is -0.359 e. The van der Waals surface area contributed by atoms with Gasteiger partial charge in [-0.3, -0.25) is 0 Å². The SMILES string of the molecule is CCNC(=NCc1ccc(-n2ccnc2)c(F)c1)NCc1cc(C(C)C)no1.I. The standard InChI is InChI=1S/C20H25FN6O.HI/c1-4-23-20(25-12-16-10-18(14(2)3)26-28-16)24-11-15-5-6-19(17(21)9-15)27-8-7-22-13-27;/h5-10,13-14H,4,11-12H2,1-3H3,(H2,23,24,25);1H. The molecule has 29 heavy (non-hydrogen) atoms. The predicted molar refractivity (Wildman–Crippen MR) is 121 cm³/mol. The van der Waals surface area contributed by atoms with Gasteiger partial charge in [0.1, 0.15) is 5.82 Å². The van der Waals surface area contributed by atoms with Crippen LogP contribution >= 0.6 is 24.0 Å². The van der Waals surface area contributed by atoms with Crippen LogP contribution in [0, 0.1) is 5.82 Å². The molecule has 9 heteroatoms. The smallest absolute Gasteiger partial charge is 0.191 e. The first-order valence-electron chi connectivity index (χ1n) is 9.31. The highest BCUT2D eigenvalue weighted by atomic mass is 127. The molecule has 0 radical (unpaired) electrons. The number of aromatic nitrogens is 3. The second-order valence-corrected chi connectivity index (χ2v) is 6.68. The van der Waals surface area contributed by atoms with E-state index in [0.29, 0.717) is 37.2 Å². The van der Waals surface area contributed by atoms with Crippen molar-refractivity contribution in [1.82, 2.24) is 25.3 Å². The van der Waals surface area contributed by atoms with E-state index >= 15 is 0 Å². The number of nitrogens with one attached hydrogen (secondary N) is 2. The van der Waals surface area contributed by atoms with Crippen molar-refractivity contribution in [2.24, 2.45) is 4.99 Å². The zero-order chi connectivity index (χ0) is 19.9. The summed E-state index contributed by atoms with van der Waals surface area (Å²) >= 11 is 0. The summed E-state index contributed by atoms with van der Waals surface area (Å²) in [4.78, 5) is 8.47. The number of benzene rings is 1. The molecular formula is C20H26FIN6O. The molecule has 0 atom stereocenters. The zero-order valence-electron chi connectivity index (χ0n) is 16.7. The summed E-state index contributed by atoms with van der Waals surface area (Å²) in [6.45, 7) is 7.66. The number of imidazole rings is 1. The molecule has 156 valence electrons. The van der Waals surface area contributed by atoms with Crippen LogP contribution in [0.2, 0.25) is 0 Å². The van der Waals surface area contributed by atoms with E-state index in [1.807, 2.05) is 19.1 Å².